The summed E-state index contributed by atoms with van der Waals surface area (Å²) in [5.41, 5.74) is 2.50. The number of hydrogen-bond donors (Lipinski definition) is 0. The van der Waals surface area contributed by atoms with Crippen LogP contribution < -0.4 is 5.43 Å². The molecule has 0 saturated carbocycles. The minimum Gasteiger partial charge on any atom is -0.340 e. The molecular formula is C21H20N4O2. The summed E-state index contributed by atoms with van der Waals surface area (Å²) in [5, 5.41) is 5.39. The van der Waals surface area contributed by atoms with Gasteiger partial charge in [0.25, 0.3) is 0 Å². The Balaban J connectivity index is 1.75. The van der Waals surface area contributed by atoms with Gasteiger partial charge in [-0.3, -0.25) is 14.3 Å². The lowest BCUT2D eigenvalue weighted by atomic mass is 10.1. The number of pyridine rings is 1. The second kappa shape index (κ2) is 6.72. The van der Waals surface area contributed by atoms with Crippen molar-refractivity contribution in [2.75, 3.05) is 7.05 Å². The molecule has 0 aliphatic heterocycles. The van der Waals surface area contributed by atoms with Gasteiger partial charge in [-0.2, -0.15) is 5.10 Å². The number of benzene rings is 2. The Morgan fingerprint density at radius 3 is 2.19 bits per heavy atom. The van der Waals surface area contributed by atoms with Crippen LogP contribution in [0.4, 0.5) is 0 Å². The molecule has 0 atom stereocenters. The van der Waals surface area contributed by atoms with Crippen molar-refractivity contribution in [3.05, 3.63) is 76.7 Å². The number of likely N-dealkylation sites (N-methyl/N-ethyl adjacent to an activating group) is 1. The van der Waals surface area contributed by atoms with Crippen molar-refractivity contribution in [3.63, 3.8) is 0 Å². The summed E-state index contributed by atoms with van der Waals surface area (Å²) < 4.78 is 3.64. The smallest absolute Gasteiger partial charge is 0.242 e. The van der Waals surface area contributed by atoms with Gasteiger partial charge in [0.1, 0.15) is 6.54 Å². The number of carbonyl (C=O) groups is 1. The van der Waals surface area contributed by atoms with Crippen molar-refractivity contribution >= 4 is 27.7 Å². The highest BCUT2D eigenvalue weighted by atomic mass is 16.2. The van der Waals surface area contributed by atoms with Gasteiger partial charge >= 0.3 is 0 Å². The normalized spacial score (nSPS) is 11.2. The average Bonchev–Trinajstić information content (AvgIpc) is 3.09. The molecule has 2 heterocycles. The van der Waals surface area contributed by atoms with Crippen molar-refractivity contribution in [1.29, 1.82) is 0 Å². The number of rotatable bonds is 4. The van der Waals surface area contributed by atoms with Crippen LogP contribution in [-0.4, -0.2) is 32.2 Å². The van der Waals surface area contributed by atoms with Gasteiger partial charge in [-0.05, 0) is 24.3 Å². The van der Waals surface area contributed by atoms with E-state index in [2.05, 4.69) is 5.10 Å². The summed E-state index contributed by atoms with van der Waals surface area (Å²) in [5.74, 6) is -0.0298. The molecule has 6 heteroatoms. The van der Waals surface area contributed by atoms with Crippen molar-refractivity contribution in [2.24, 2.45) is 7.05 Å². The number of carbonyl (C=O) groups excluding carboxylic acids is 1. The van der Waals surface area contributed by atoms with Gasteiger partial charge in [-0.25, -0.2) is 0 Å². The lowest BCUT2D eigenvalue weighted by molar-refractivity contribution is -0.130. The fourth-order valence-electron chi connectivity index (χ4n) is 3.42. The summed E-state index contributed by atoms with van der Waals surface area (Å²) >= 11 is 0. The van der Waals surface area contributed by atoms with Gasteiger partial charge < -0.3 is 9.47 Å². The Bertz CT molecular complexity index is 1150. The monoisotopic (exact) mass is 360 g/mol. The van der Waals surface area contributed by atoms with Gasteiger partial charge in [-0.1, -0.05) is 24.3 Å². The highest BCUT2D eigenvalue weighted by molar-refractivity contribution is 5.94. The number of aryl methyl sites for hydroxylation is 1. The van der Waals surface area contributed by atoms with Crippen molar-refractivity contribution in [2.45, 2.75) is 13.1 Å². The lowest BCUT2D eigenvalue weighted by Crippen LogP contribution is -2.30. The summed E-state index contributed by atoms with van der Waals surface area (Å²) in [6.45, 7) is 0.654. The minimum absolute atomic E-state index is 0.00591. The first-order valence-corrected chi connectivity index (χ1v) is 8.76. The predicted molar refractivity (Wildman–Crippen MR) is 105 cm³/mol. The van der Waals surface area contributed by atoms with Crippen LogP contribution >= 0.6 is 0 Å². The van der Waals surface area contributed by atoms with E-state index in [1.54, 1.807) is 22.8 Å². The quantitative estimate of drug-likeness (QED) is 0.526. The van der Waals surface area contributed by atoms with Crippen LogP contribution in [-0.2, 0) is 24.9 Å². The summed E-state index contributed by atoms with van der Waals surface area (Å²) in [6, 6.07) is 14.9. The Labute approximate surface area is 156 Å². The SMILES string of the molecule is CN(Cc1cnn(C)c1)C(=O)Cn1c2ccccc2c(=O)c2ccccc21. The zero-order valence-electron chi connectivity index (χ0n) is 15.3. The average molecular weight is 360 g/mol. The highest BCUT2D eigenvalue weighted by Crippen LogP contribution is 2.19. The summed E-state index contributed by atoms with van der Waals surface area (Å²) in [7, 11) is 3.63. The molecule has 27 heavy (non-hydrogen) atoms. The first kappa shape index (κ1) is 17.0. The van der Waals surface area contributed by atoms with Crippen LogP contribution in [0, 0.1) is 0 Å². The molecule has 0 aliphatic rings. The van der Waals surface area contributed by atoms with E-state index in [4.69, 9.17) is 0 Å². The standard InChI is InChI=1S/C21H20N4O2/c1-23(12-15-11-22-24(2)13-15)20(26)14-25-18-9-5-3-7-16(18)21(27)17-8-4-6-10-19(17)25/h3-11,13H,12,14H2,1-2H3. The maximum absolute atomic E-state index is 12.9. The molecule has 4 rings (SSSR count). The fraction of sp³-hybridized carbons (Fsp3) is 0.190. The van der Waals surface area contributed by atoms with Gasteiger partial charge in [0.05, 0.1) is 17.2 Å². The number of aromatic nitrogens is 3. The zero-order chi connectivity index (χ0) is 19.0. The first-order chi connectivity index (χ1) is 13.0. The molecule has 136 valence electrons. The van der Waals surface area contributed by atoms with E-state index in [-0.39, 0.29) is 17.9 Å². The van der Waals surface area contributed by atoms with Crippen LogP contribution in [0.15, 0.2) is 65.7 Å². The Morgan fingerprint density at radius 1 is 1.04 bits per heavy atom. The molecule has 0 unspecified atom stereocenters. The molecule has 0 bridgehead atoms. The van der Waals surface area contributed by atoms with Crippen LogP contribution in [0.2, 0.25) is 0 Å². The van der Waals surface area contributed by atoms with Crippen molar-refractivity contribution in [3.8, 4) is 0 Å². The second-order valence-corrected chi connectivity index (χ2v) is 6.72. The minimum atomic E-state index is -0.0298. The van der Waals surface area contributed by atoms with Crippen molar-refractivity contribution in [1.82, 2.24) is 19.2 Å². The topological polar surface area (TPSA) is 60.1 Å². The zero-order valence-corrected chi connectivity index (χ0v) is 15.3. The highest BCUT2D eigenvalue weighted by Gasteiger charge is 2.15. The van der Waals surface area contributed by atoms with E-state index in [9.17, 15) is 9.59 Å². The van der Waals surface area contributed by atoms with Gasteiger partial charge in [0.2, 0.25) is 5.91 Å². The van der Waals surface area contributed by atoms with E-state index < -0.39 is 0 Å². The third kappa shape index (κ3) is 3.10. The largest absolute Gasteiger partial charge is 0.340 e. The van der Waals surface area contributed by atoms with E-state index in [0.29, 0.717) is 17.3 Å². The molecule has 0 radical (unpaired) electrons. The van der Waals surface area contributed by atoms with Crippen LogP contribution in [0.1, 0.15) is 5.56 Å². The number of para-hydroxylation sites is 2. The predicted octanol–water partition coefficient (Wildman–Crippen LogP) is 2.55. The number of hydrogen-bond acceptors (Lipinski definition) is 3. The van der Waals surface area contributed by atoms with Gasteiger partial charge in [0.15, 0.2) is 5.43 Å². The molecule has 0 fully saturated rings. The van der Waals surface area contributed by atoms with Crippen molar-refractivity contribution < 1.29 is 4.79 Å². The van der Waals surface area contributed by atoms with E-state index in [1.165, 1.54) is 0 Å². The number of nitrogens with zero attached hydrogens (tertiary/aromatic N) is 4. The Hall–Kier alpha value is -3.41. The summed E-state index contributed by atoms with van der Waals surface area (Å²) in [6.07, 6.45) is 3.65. The van der Waals surface area contributed by atoms with Crippen LogP contribution in [0.25, 0.3) is 21.8 Å². The number of amides is 1. The Kier molecular flexibility index (Phi) is 4.24. The van der Waals surface area contributed by atoms with E-state index >= 15 is 0 Å². The van der Waals surface area contributed by atoms with E-state index in [0.717, 1.165) is 16.6 Å². The fourth-order valence-corrected chi connectivity index (χ4v) is 3.42. The molecule has 4 aromatic rings. The molecule has 6 nitrogen and oxygen atoms in total. The maximum Gasteiger partial charge on any atom is 0.242 e. The summed E-state index contributed by atoms with van der Waals surface area (Å²) in [4.78, 5) is 27.4. The van der Waals surface area contributed by atoms with Crippen LogP contribution in [0.3, 0.4) is 0 Å². The molecule has 1 amide bonds. The molecule has 0 aliphatic carbocycles. The molecular weight excluding hydrogens is 340 g/mol. The molecule has 0 saturated heterocycles. The van der Waals surface area contributed by atoms with Crippen LogP contribution in [0.5, 0.6) is 0 Å². The molecule has 2 aromatic heterocycles. The Morgan fingerprint density at radius 2 is 1.63 bits per heavy atom. The first-order valence-electron chi connectivity index (χ1n) is 8.76. The van der Waals surface area contributed by atoms with Gasteiger partial charge in [-0.15, -0.1) is 0 Å². The molecule has 2 aromatic carbocycles. The van der Waals surface area contributed by atoms with E-state index in [1.807, 2.05) is 66.3 Å². The van der Waals surface area contributed by atoms with Gasteiger partial charge in [0, 0.05) is 43.2 Å². The molecule has 0 N–H and O–H groups in total. The maximum atomic E-state index is 12.9. The second-order valence-electron chi connectivity index (χ2n) is 6.72. The third-order valence-corrected chi connectivity index (χ3v) is 4.78. The lowest BCUT2D eigenvalue weighted by Gasteiger charge is -2.20. The molecule has 0 spiro atoms. The number of fused-ring (bicyclic) bond motifs is 2. The third-order valence-electron chi connectivity index (χ3n) is 4.78.